The van der Waals surface area contributed by atoms with Crippen LogP contribution in [0.2, 0.25) is 0 Å². The fourth-order valence-corrected chi connectivity index (χ4v) is 1.11. The zero-order valence-corrected chi connectivity index (χ0v) is 10.1. The van der Waals surface area contributed by atoms with E-state index in [4.69, 9.17) is 15.6 Å². The van der Waals surface area contributed by atoms with Crippen LogP contribution in [0, 0.1) is 0 Å². The quantitative estimate of drug-likeness (QED) is 0.716. The van der Waals surface area contributed by atoms with Gasteiger partial charge in [-0.05, 0) is 12.5 Å². The van der Waals surface area contributed by atoms with Gasteiger partial charge in [-0.2, -0.15) is 0 Å². The number of carbonyl (C=O) groups excluding carboxylic acids is 1. The average Bonchev–Trinajstić information content (AvgIpc) is 2.35. The Morgan fingerprint density at radius 2 is 2.00 bits per heavy atom. The standard InChI is InChI=1S/C12H16N2O4/c1-12(13,10(15)16)8-14-11(17)18-7-9-5-3-2-4-6-9/h2-6H,7-8,13H2,1H3,(H,14,17)(H,15,16)/t12-/m1/s1. The summed E-state index contributed by atoms with van der Waals surface area (Å²) in [5, 5.41) is 11.1. The van der Waals surface area contributed by atoms with E-state index in [2.05, 4.69) is 5.32 Å². The average molecular weight is 252 g/mol. The van der Waals surface area contributed by atoms with E-state index in [-0.39, 0.29) is 13.2 Å². The summed E-state index contributed by atoms with van der Waals surface area (Å²) in [4.78, 5) is 22.0. The highest BCUT2D eigenvalue weighted by Gasteiger charge is 2.28. The molecule has 0 aliphatic heterocycles. The van der Waals surface area contributed by atoms with Gasteiger partial charge in [0.1, 0.15) is 12.1 Å². The smallest absolute Gasteiger partial charge is 0.407 e. The molecule has 0 spiro atoms. The van der Waals surface area contributed by atoms with Crippen molar-refractivity contribution in [3.63, 3.8) is 0 Å². The number of aliphatic carboxylic acids is 1. The van der Waals surface area contributed by atoms with Crippen LogP contribution in [0.5, 0.6) is 0 Å². The van der Waals surface area contributed by atoms with Crippen LogP contribution in [0.15, 0.2) is 30.3 Å². The van der Waals surface area contributed by atoms with Crippen molar-refractivity contribution in [3.05, 3.63) is 35.9 Å². The first kappa shape index (κ1) is 14.0. The van der Waals surface area contributed by atoms with E-state index >= 15 is 0 Å². The maximum absolute atomic E-state index is 11.3. The third kappa shape index (κ3) is 4.42. The van der Waals surface area contributed by atoms with Gasteiger partial charge in [0.2, 0.25) is 0 Å². The lowest BCUT2D eigenvalue weighted by molar-refractivity contribution is -0.142. The van der Waals surface area contributed by atoms with Gasteiger partial charge >= 0.3 is 12.1 Å². The maximum atomic E-state index is 11.3. The first-order valence-electron chi connectivity index (χ1n) is 5.38. The van der Waals surface area contributed by atoms with E-state index in [9.17, 15) is 9.59 Å². The molecule has 1 amide bonds. The lowest BCUT2D eigenvalue weighted by Crippen LogP contribution is -2.53. The van der Waals surface area contributed by atoms with Crippen LogP contribution in [-0.4, -0.2) is 29.3 Å². The van der Waals surface area contributed by atoms with Crippen LogP contribution in [0.3, 0.4) is 0 Å². The molecule has 0 unspecified atom stereocenters. The van der Waals surface area contributed by atoms with E-state index in [0.717, 1.165) is 5.56 Å². The molecule has 0 heterocycles. The molecule has 0 aliphatic carbocycles. The van der Waals surface area contributed by atoms with E-state index in [1.54, 1.807) is 0 Å². The number of nitrogens with two attached hydrogens (primary N) is 1. The van der Waals surface area contributed by atoms with Gasteiger partial charge in [-0.1, -0.05) is 30.3 Å². The Morgan fingerprint density at radius 3 is 2.56 bits per heavy atom. The van der Waals surface area contributed by atoms with Crippen LogP contribution >= 0.6 is 0 Å². The molecule has 1 rings (SSSR count). The van der Waals surface area contributed by atoms with Crippen molar-refractivity contribution in [1.29, 1.82) is 0 Å². The zero-order chi connectivity index (χ0) is 13.6. The van der Waals surface area contributed by atoms with Crippen LogP contribution in [0.25, 0.3) is 0 Å². The third-order valence-corrected chi connectivity index (χ3v) is 2.30. The normalized spacial score (nSPS) is 13.4. The number of ether oxygens (including phenoxy) is 1. The summed E-state index contributed by atoms with van der Waals surface area (Å²) in [6, 6.07) is 9.15. The predicted molar refractivity (Wildman–Crippen MR) is 64.9 cm³/mol. The van der Waals surface area contributed by atoms with Gasteiger partial charge in [0.25, 0.3) is 0 Å². The summed E-state index contributed by atoms with van der Waals surface area (Å²) < 4.78 is 4.90. The minimum Gasteiger partial charge on any atom is -0.480 e. The molecule has 0 saturated heterocycles. The summed E-state index contributed by atoms with van der Waals surface area (Å²) in [5.41, 5.74) is 4.79. The lowest BCUT2D eigenvalue weighted by atomic mass is 10.1. The molecule has 0 radical (unpaired) electrons. The molecule has 0 aromatic heterocycles. The number of carboxylic acid groups (broad SMARTS) is 1. The number of nitrogens with one attached hydrogen (secondary N) is 1. The molecular formula is C12H16N2O4. The fourth-order valence-electron chi connectivity index (χ4n) is 1.11. The van der Waals surface area contributed by atoms with E-state index in [1.165, 1.54) is 6.92 Å². The monoisotopic (exact) mass is 252 g/mol. The Balaban J connectivity index is 2.33. The molecular weight excluding hydrogens is 236 g/mol. The summed E-state index contributed by atoms with van der Waals surface area (Å²) in [6.45, 7) is 1.24. The Hall–Kier alpha value is -2.08. The number of benzene rings is 1. The molecule has 0 saturated carbocycles. The van der Waals surface area contributed by atoms with Crippen molar-refractivity contribution in [2.45, 2.75) is 19.1 Å². The van der Waals surface area contributed by atoms with Gasteiger partial charge in [0.15, 0.2) is 0 Å². The Morgan fingerprint density at radius 1 is 1.39 bits per heavy atom. The number of alkyl carbamates (subject to hydrolysis) is 1. The molecule has 6 nitrogen and oxygen atoms in total. The molecule has 1 aromatic rings. The van der Waals surface area contributed by atoms with E-state index in [1.807, 2.05) is 30.3 Å². The van der Waals surface area contributed by atoms with Crippen molar-refractivity contribution in [3.8, 4) is 0 Å². The highest BCUT2D eigenvalue weighted by Crippen LogP contribution is 2.01. The number of amides is 1. The SMILES string of the molecule is C[C@@](N)(CNC(=O)OCc1ccccc1)C(=O)O. The highest BCUT2D eigenvalue weighted by atomic mass is 16.5. The second kappa shape index (κ2) is 6.02. The second-order valence-corrected chi connectivity index (χ2v) is 4.14. The molecule has 98 valence electrons. The third-order valence-electron chi connectivity index (χ3n) is 2.30. The number of carboxylic acids is 1. The first-order chi connectivity index (χ1) is 8.42. The van der Waals surface area contributed by atoms with Gasteiger partial charge in [0.05, 0.1) is 0 Å². The van der Waals surface area contributed by atoms with Crippen LogP contribution < -0.4 is 11.1 Å². The molecule has 4 N–H and O–H groups in total. The number of carbonyl (C=O) groups is 2. The van der Waals surface area contributed by atoms with E-state index < -0.39 is 17.6 Å². The molecule has 6 heteroatoms. The topological polar surface area (TPSA) is 102 Å². The molecule has 1 aromatic carbocycles. The summed E-state index contributed by atoms with van der Waals surface area (Å²) >= 11 is 0. The second-order valence-electron chi connectivity index (χ2n) is 4.14. The van der Waals surface area contributed by atoms with Crippen molar-refractivity contribution in [2.75, 3.05) is 6.54 Å². The van der Waals surface area contributed by atoms with Crippen molar-refractivity contribution in [2.24, 2.45) is 5.73 Å². The zero-order valence-electron chi connectivity index (χ0n) is 10.1. The number of hydrogen-bond acceptors (Lipinski definition) is 4. The summed E-state index contributed by atoms with van der Waals surface area (Å²) in [6.07, 6.45) is -0.697. The van der Waals surface area contributed by atoms with Crippen molar-refractivity contribution < 1.29 is 19.4 Å². The minimum atomic E-state index is -1.51. The highest BCUT2D eigenvalue weighted by molar-refractivity contribution is 5.79. The largest absolute Gasteiger partial charge is 0.480 e. The van der Waals surface area contributed by atoms with Crippen LogP contribution in [-0.2, 0) is 16.1 Å². The minimum absolute atomic E-state index is 0.126. The van der Waals surface area contributed by atoms with Gasteiger partial charge in [0, 0.05) is 6.54 Å². The molecule has 0 fully saturated rings. The summed E-state index contributed by atoms with van der Waals surface area (Å²) in [5.74, 6) is -1.19. The Kier molecular flexibility index (Phi) is 4.67. The predicted octanol–water partition coefficient (Wildman–Crippen LogP) is 0.715. The van der Waals surface area contributed by atoms with Crippen molar-refractivity contribution in [1.82, 2.24) is 5.32 Å². The molecule has 0 bridgehead atoms. The van der Waals surface area contributed by atoms with Crippen LogP contribution in [0.1, 0.15) is 12.5 Å². The maximum Gasteiger partial charge on any atom is 0.407 e. The lowest BCUT2D eigenvalue weighted by Gasteiger charge is -2.19. The molecule has 1 atom stereocenters. The molecule has 0 aliphatic rings. The van der Waals surface area contributed by atoms with Crippen LogP contribution in [0.4, 0.5) is 4.79 Å². The van der Waals surface area contributed by atoms with Gasteiger partial charge in [-0.15, -0.1) is 0 Å². The first-order valence-corrected chi connectivity index (χ1v) is 5.38. The Bertz CT molecular complexity index is 417. The number of rotatable bonds is 5. The van der Waals surface area contributed by atoms with E-state index in [0.29, 0.717) is 0 Å². The van der Waals surface area contributed by atoms with Gasteiger partial charge < -0.3 is 20.9 Å². The summed E-state index contributed by atoms with van der Waals surface area (Å²) in [7, 11) is 0. The van der Waals surface area contributed by atoms with Gasteiger partial charge in [-0.25, -0.2) is 4.79 Å². The molecule has 18 heavy (non-hydrogen) atoms. The van der Waals surface area contributed by atoms with Crippen molar-refractivity contribution >= 4 is 12.1 Å². The number of hydrogen-bond donors (Lipinski definition) is 3. The Labute approximate surface area is 105 Å². The van der Waals surface area contributed by atoms with Gasteiger partial charge in [-0.3, -0.25) is 4.79 Å². The fraction of sp³-hybridized carbons (Fsp3) is 0.333.